The van der Waals surface area contributed by atoms with Gasteiger partial charge in [-0.15, -0.1) is 0 Å². The number of carbonyl (C=O) groups is 2. The summed E-state index contributed by atoms with van der Waals surface area (Å²) < 4.78 is 0. The number of hydrogen-bond acceptors (Lipinski definition) is 3. The molecular formula is C16H31N3O2. The average molecular weight is 297 g/mol. The lowest BCUT2D eigenvalue weighted by Crippen LogP contribution is -2.32. The van der Waals surface area contributed by atoms with Crippen molar-refractivity contribution in [2.45, 2.75) is 72.6 Å². The summed E-state index contributed by atoms with van der Waals surface area (Å²) in [5, 5.41) is 6.73. The van der Waals surface area contributed by atoms with Gasteiger partial charge in [0.15, 0.2) is 0 Å². The fourth-order valence-corrected chi connectivity index (χ4v) is 1.76. The molecule has 0 aliphatic carbocycles. The van der Waals surface area contributed by atoms with Crippen molar-refractivity contribution < 1.29 is 9.59 Å². The summed E-state index contributed by atoms with van der Waals surface area (Å²) >= 11 is 0. The number of nitrogens with zero attached hydrogens (tertiary/aromatic N) is 1. The van der Waals surface area contributed by atoms with E-state index in [9.17, 15) is 9.59 Å². The largest absolute Gasteiger partial charge is 0.355 e. The molecule has 0 rings (SSSR count). The third kappa shape index (κ3) is 13.4. The molecule has 0 atom stereocenters. The van der Waals surface area contributed by atoms with Crippen molar-refractivity contribution in [3.63, 3.8) is 0 Å². The van der Waals surface area contributed by atoms with Crippen LogP contribution in [-0.2, 0) is 9.59 Å². The summed E-state index contributed by atoms with van der Waals surface area (Å²) in [6.45, 7) is 8.70. The van der Waals surface area contributed by atoms with Crippen LogP contribution in [0.5, 0.6) is 0 Å². The number of unbranched alkanes of at least 4 members (excludes halogenated alkanes) is 4. The second kappa shape index (κ2) is 12.4. The lowest BCUT2D eigenvalue weighted by atomic mass is 10.1. The molecule has 2 amide bonds. The Morgan fingerprint density at radius 2 is 1.71 bits per heavy atom. The Balaban J connectivity index is 3.78. The van der Waals surface area contributed by atoms with Gasteiger partial charge < -0.3 is 5.32 Å². The minimum absolute atomic E-state index is 0.167. The number of hydrogen-bond donors (Lipinski definition) is 2. The van der Waals surface area contributed by atoms with Crippen LogP contribution in [0.4, 0.5) is 0 Å². The summed E-state index contributed by atoms with van der Waals surface area (Å²) in [7, 11) is 0. The molecule has 0 unspecified atom stereocenters. The highest BCUT2D eigenvalue weighted by atomic mass is 16.2. The molecule has 0 aliphatic heterocycles. The van der Waals surface area contributed by atoms with Crippen molar-refractivity contribution in [3.8, 4) is 0 Å². The van der Waals surface area contributed by atoms with Crippen LogP contribution in [0.15, 0.2) is 5.10 Å². The number of rotatable bonds is 11. The molecule has 0 radical (unpaired) electrons. The van der Waals surface area contributed by atoms with Gasteiger partial charge in [0.05, 0.1) is 0 Å². The van der Waals surface area contributed by atoms with E-state index in [1.807, 2.05) is 20.8 Å². The molecule has 0 aromatic rings. The molecule has 5 nitrogen and oxygen atoms in total. The fourth-order valence-electron chi connectivity index (χ4n) is 1.76. The first kappa shape index (κ1) is 19.6. The van der Waals surface area contributed by atoms with E-state index in [0.29, 0.717) is 12.5 Å². The van der Waals surface area contributed by atoms with Crippen LogP contribution in [-0.4, -0.2) is 24.1 Å². The van der Waals surface area contributed by atoms with Gasteiger partial charge in [-0.1, -0.05) is 46.5 Å². The van der Waals surface area contributed by atoms with E-state index in [2.05, 4.69) is 22.8 Å². The van der Waals surface area contributed by atoms with Crippen molar-refractivity contribution in [2.75, 3.05) is 6.54 Å². The van der Waals surface area contributed by atoms with Gasteiger partial charge in [0.1, 0.15) is 6.42 Å². The predicted molar refractivity (Wildman–Crippen MR) is 87.1 cm³/mol. The van der Waals surface area contributed by atoms with Gasteiger partial charge >= 0.3 is 0 Å². The van der Waals surface area contributed by atoms with Crippen LogP contribution in [0.1, 0.15) is 72.6 Å². The SMILES string of the molecule is CCCCCCC/C(C)=N/NC(=O)CC(=O)NCC(C)C. The van der Waals surface area contributed by atoms with Gasteiger partial charge in [0.2, 0.25) is 11.8 Å². The number of amides is 2. The van der Waals surface area contributed by atoms with Gasteiger partial charge in [-0.05, 0) is 25.7 Å². The molecule has 0 spiro atoms. The number of nitrogens with one attached hydrogen (secondary N) is 2. The molecule has 0 fully saturated rings. The Hall–Kier alpha value is -1.39. The fraction of sp³-hybridized carbons (Fsp3) is 0.812. The third-order valence-corrected chi connectivity index (χ3v) is 3.04. The van der Waals surface area contributed by atoms with Crippen molar-refractivity contribution >= 4 is 17.5 Å². The van der Waals surface area contributed by atoms with Crippen LogP contribution < -0.4 is 10.7 Å². The van der Waals surface area contributed by atoms with Crippen LogP contribution >= 0.6 is 0 Å². The van der Waals surface area contributed by atoms with E-state index in [1.54, 1.807) is 0 Å². The molecule has 21 heavy (non-hydrogen) atoms. The van der Waals surface area contributed by atoms with Crippen LogP contribution in [0.2, 0.25) is 0 Å². The van der Waals surface area contributed by atoms with Crippen LogP contribution in [0.3, 0.4) is 0 Å². The quantitative estimate of drug-likeness (QED) is 0.266. The van der Waals surface area contributed by atoms with E-state index in [1.165, 1.54) is 25.7 Å². The first-order valence-electron chi connectivity index (χ1n) is 8.04. The minimum atomic E-state index is -0.360. The lowest BCUT2D eigenvalue weighted by Gasteiger charge is -2.07. The molecule has 0 heterocycles. The van der Waals surface area contributed by atoms with Crippen molar-refractivity contribution in [3.05, 3.63) is 0 Å². The van der Waals surface area contributed by atoms with Gasteiger partial charge in [0.25, 0.3) is 0 Å². The number of carbonyl (C=O) groups excluding carboxylic acids is 2. The first-order valence-corrected chi connectivity index (χ1v) is 8.04. The van der Waals surface area contributed by atoms with Gasteiger partial charge in [-0.25, -0.2) is 5.43 Å². The Labute approximate surface area is 129 Å². The third-order valence-electron chi connectivity index (χ3n) is 3.04. The molecule has 122 valence electrons. The molecule has 2 N–H and O–H groups in total. The monoisotopic (exact) mass is 297 g/mol. The Kier molecular flexibility index (Phi) is 11.5. The van der Waals surface area contributed by atoms with E-state index < -0.39 is 0 Å². The second-order valence-corrected chi connectivity index (χ2v) is 5.92. The first-order chi connectivity index (χ1) is 9.95. The van der Waals surface area contributed by atoms with E-state index in [-0.39, 0.29) is 18.2 Å². The zero-order valence-corrected chi connectivity index (χ0v) is 14.0. The summed E-state index contributed by atoms with van der Waals surface area (Å²) in [6.07, 6.45) is 6.79. The topological polar surface area (TPSA) is 70.6 Å². The molecule has 0 aliphatic rings. The summed E-state index contributed by atoms with van der Waals surface area (Å²) in [5.74, 6) is -0.236. The molecular weight excluding hydrogens is 266 g/mol. The highest BCUT2D eigenvalue weighted by Crippen LogP contribution is 2.05. The summed E-state index contributed by atoms with van der Waals surface area (Å²) in [4.78, 5) is 23.0. The number of hydrazone groups is 1. The maximum absolute atomic E-state index is 11.5. The standard InChI is InChI=1S/C16H31N3O2/c1-5-6-7-8-9-10-14(4)18-19-16(21)11-15(20)17-12-13(2)3/h13H,5-12H2,1-4H3,(H,17,20)(H,19,21)/b18-14+. The highest BCUT2D eigenvalue weighted by Gasteiger charge is 2.08. The van der Waals surface area contributed by atoms with E-state index >= 15 is 0 Å². The van der Waals surface area contributed by atoms with Crippen molar-refractivity contribution in [2.24, 2.45) is 11.0 Å². The maximum Gasteiger partial charge on any atom is 0.249 e. The van der Waals surface area contributed by atoms with Crippen molar-refractivity contribution in [1.29, 1.82) is 0 Å². The zero-order valence-electron chi connectivity index (χ0n) is 14.0. The lowest BCUT2D eigenvalue weighted by molar-refractivity contribution is -0.129. The van der Waals surface area contributed by atoms with Crippen LogP contribution in [0.25, 0.3) is 0 Å². The van der Waals surface area contributed by atoms with Gasteiger partial charge in [0, 0.05) is 12.3 Å². The van der Waals surface area contributed by atoms with Gasteiger partial charge in [-0.3, -0.25) is 9.59 Å². The molecule has 0 aromatic carbocycles. The Bertz CT molecular complexity index is 338. The molecule has 5 heteroatoms. The maximum atomic E-state index is 11.5. The molecule has 0 saturated carbocycles. The normalized spacial score (nSPS) is 11.6. The van der Waals surface area contributed by atoms with E-state index in [4.69, 9.17) is 0 Å². The zero-order chi connectivity index (χ0) is 16.1. The predicted octanol–water partition coefficient (Wildman–Crippen LogP) is 3.00. The van der Waals surface area contributed by atoms with Crippen molar-refractivity contribution in [1.82, 2.24) is 10.7 Å². The average Bonchev–Trinajstić information content (AvgIpc) is 2.42. The molecule has 0 saturated heterocycles. The molecule has 0 aromatic heterocycles. The highest BCUT2D eigenvalue weighted by molar-refractivity contribution is 5.97. The summed E-state index contributed by atoms with van der Waals surface area (Å²) in [5.41, 5.74) is 3.35. The Morgan fingerprint density at radius 1 is 1.05 bits per heavy atom. The smallest absolute Gasteiger partial charge is 0.249 e. The van der Waals surface area contributed by atoms with Gasteiger partial charge in [-0.2, -0.15) is 5.10 Å². The van der Waals surface area contributed by atoms with Crippen LogP contribution in [0, 0.1) is 5.92 Å². The second-order valence-electron chi connectivity index (χ2n) is 5.92. The Morgan fingerprint density at radius 3 is 2.33 bits per heavy atom. The summed E-state index contributed by atoms with van der Waals surface area (Å²) in [6, 6.07) is 0. The minimum Gasteiger partial charge on any atom is -0.355 e. The molecule has 0 bridgehead atoms. The van der Waals surface area contributed by atoms with E-state index in [0.717, 1.165) is 18.6 Å².